The number of carbonyl (C=O) groups is 1. The molecule has 0 saturated carbocycles. The molecule has 2 heterocycles. The number of methoxy groups -OCH3 is 2. The fourth-order valence-electron chi connectivity index (χ4n) is 3.67. The molecule has 2 aromatic rings. The molecule has 162 valence electrons. The van der Waals surface area contributed by atoms with E-state index < -0.39 is 24.2 Å². The van der Waals surface area contributed by atoms with Crippen LogP contribution in [0.5, 0.6) is 11.5 Å². The lowest BCUT2D eigenvalue weighted by atomic mass is 9.99. The molecule has 1 aliphatic rings. The standard InChI is InChI=1S/C21H22F3NO5/c1-4-13-6-5-12-7-19(30-11-21(22,23)24)18(28-2)8-14(12)16-9-17(26)15(10-25(13)16)20(27)29-3/h7-10,13H,4-6,11H2,1-3H3. The van der Waals surface area contributed by atoms with Crippen molar-refractivity contribution in [2.75, 3.05) is 20.8 Å². The molecule has 0 amide bonds. The predicted molar refractivity (Wildman–Crippen MR) is 103 cm³/mol. The van der Waals surface area contributed by atoms with Crippen LogP contribution < -0.4 is 14.9 Å². The Morgan fingerprint density at radius 2 is 1.93 bits per heavy atom. The number of fused-ring (bicyclic) bond motifs is 3. The van der Waals surface area contributed by atoms with Gasteiger partial charge in [0.15, 0.2) is 23.5 Å². The minimum Gasteiger partial charge on any atom is -0.493 e. The number of pyridine rings is 1. The second-order valence-electron chi connectivity index (χ2n) is 7.00. The summed E-state index contributed by atoms with van der Waals surface area (Å²) in [6.07, 6.45) is -1.02. The molecule has 30 heavy (non-hydrogen) atoms. The van der Waals surface area contributed by atoms with Crippen molar-refractivity contribution in [3.05, 3.63) is 45.7 Å². The number of nitrogens with zero attached hydrogens (tertiary/aromatic N) is 1. The highest BCUT2D eigenvalue weighted by molar-refractivity contribution is 5.89. The summed E-state index contributed by atoms with van der Waals surface area (Å²) in [5.74, 6) is -0.601. The minimum absolute atomic E-state index is 0.0106. The maximum atomic E-state index is 12.6. The number of halogens is 3. The third-order valence-electron chi connectivity index (χ3n) is 5.15. The maximum Gasteiger partial charge on any atom is 0.422 e. The van der Waals surface area contributed by atoms with Gasteiger partial charge in [0.25, 0.3) is 0 Å². The quantitative estimate of drug-likeness (QED) is 0.674. The summed E-state index contributed by atoms with van der Waals surface area (Å²) in [5.41, 5.74) is 1.39. The Bertz CT molecular complexity index is 1010. The first kappa shape index (κ1) is 21.7. The Balaban J connectivity index is 2.17. The van der Waals surface area contributed by atoms with E-state index in [1.54, 1.807) is 6.07 Å². The molecule has 0 saturated heterocycles. The van der Waals surface area contributed by atoms with Gasteiger partial charge in [0.2, 0.25) is 0 Å². The van der Waals surface area contributed by atoms with E-state index in [9.17, 15) is 22.8 Å². The summed E-state index contributed by atoms with van der Waals surface area (Å²) in [7, 11) is 2.54. The van der Waals surface area contributed by atoms with Crippen molar-refractivity contribution in [1.82, 2.24) is 4.57 Å². The molecule has 0 aliphatic carbocycles. The second-order valence-corrected chi connectivity index (χ2v) is 7.00. The number of esters is 1. The summed E-state index contributed by atoms with van der Waals surface area (Å²) in [5, 5.41) is 0. The zero-order valence-electron chi connectivity index (χ0n) is 16.8. The van der Waals surface area contributed by atoms with E-state index >= 15 is 0 Å². The molecule has 1 aromatic heterocycles. The van der Waals surface area contributed by atoms with E-state index in [-0.39, 0.29) is 23.1 Å². The smallest absolute Gasteiger partial charge is 0.422 e. The molecule has 0 spiro atoms. The number of aryl methyl sites for hydroxylation is 1. The van der Waals surface area contributed by atoms with E-state index in [0.717, 1.165) is 12.0 Å². The monoisotopic (exact) mass is 425 g/mol. The Morgan fingerprint density at radius 1 is 1.20 bits per heavy atom. The molecular formula is C21H22F3NO5. The van der Waals surface area contributed by atoms with Crippen LogP contribution in [0.1, 0.15) is 41.7 Å². The molecule has 1 aromatic carbocycles. The third kappa shape index (κ3) is 4.29. The van der Waals surface area contributed by atoms with E-state index in [1.165, 1.54) is 32.5 Å². The normalized spacial score (nSPS) is 15.6. The number of carbonyl (C=O) groups excluding carboxylic acids is 1. The first-order valence-corrected chi connectivity index (χ1v) is 9.43. The number of benzene rings is 1. The number of hydrogen-bond donors (Lipinski definition) is 0. The van der Waals surface area contributed by atoms with Crippen molar-refractivity contribution in [2.45, 2.75) is 38.4 Å². The molecule has 1 aliphatic heterocycles. The molecule has 0 fully saturated rings. The van der Waals surface area contributed by atoms with Crippen molar-refractivity contribution in [3.63, 3.8) is 0 Å². The summed E-state index contributed by atoms with van der Waals surface area (Å²) >= 11 is 0. The molecule has 3 rings (SSSR count). The zero-order valence-corrected chi connectivity index (χ0v) is 16.8. The van der Waals surface area contributed by atoms with Crippen LogP contribution >= 0.6 is 0 Å². The lowest BCUT2D eigenvalue weighted by molar-refractivity contribution is -0.153. The largest absolute Gasteiger partial charge is 0.493 e. The summed E-state index contributed by atoms with van der Waals surface area (Å²) in [6.45, 7) is 0.553. The highest BCUT2D eigenvalue weighted by atomic mass is 19.4. The van der Waals surface area contributed by atoms with Crippen LogP contribution in [0.15, 0.2) is 29.2 Å². The highest BCUT2D eigenvalue weighted by Crippen LogP contribution is 2.40. The van der Waals surface area contributed by atoms with Crippen LogP contribution in [0, 0.1) is 0 Å². The number of alkyl halides is 3. The topological polar surface area (TPSA) is 66.8 Å². The van der Waals surface area contributed by atoms with Gasteiger partial charge in [-0.05, 0) is 37.0 Å². The Morgan fingerprint density at radius 3 is 2.53 bits per heavy atom. The van der Waals surface area contributed by atoms with Crippen LogP contribution in [0.2, 0.25) is 0 Å². The molecule has 9 heteroatoms. The van der Waals surface area contributed by atoms with Crippen molar-refractivity contribution in [1.29, 1.82) is 0 Å². The summed E-state index contributed by atoms with van der Waals surface area (Å²) in [4.78, 5) is 24.5. The molecule has 1 atom stereocenters. The molecule has 0 N–H and O–H groups in total. The van der Waals surface area contributed by atoms with E-state index in [1.807, 2.05) is 11.5 Å². The average molecular weight is 425 g/mol. The lowest BCUT2D eigenvalue weighted by Crippen LogP contribution is -2.21. The van der Waals surface area contributed by atoms with Gasteiger partial charge in [-0.1, -0.05) is 6.92 Å². The van der Waals surface area contributed by atoms with Gasteiger partial charge in [-0.3, -0.25) is 4.79 Å². The number of aromatic nitrogens is 1. The van der Waals surface area contributed by atoms with Crippen molar-refractivity contribution < 1.29 is 32.2 Å². The second kappa shape index (κ2) is 8.41. The van der Waals surface area contributed by atoms with Gasteiger partial charge in [0.05, 0.1) is 19.9 Å². The Labute approximate surface area is 171 Å². The third-order valence-corrected chi connectivity index (χ3v) is 5.15. The van der Waals surface area contributed by atoms with E-state index in [2.05, 4.69) is 0 Å². The van der Waals surface area contributed by atoms with Crippen LogP contribution in [0.4, 0.5) is 13.2 Å². The highest BCUT2D eigenvalue weighted by Gasteiger charge is 2.30. The SMILES string of the molecule is CCC1CCc2cc(OCC(F)(F)F)c(OC)cc2-c2cc(=O)c(C(=O)OC)cn21. The van der Waals surface area contributed by atoms with Gasteiger partial charge in [-0.2, -0.15) is 13.2 Å². The first-order chi connectivity index (χ1) is 14.2. The fourth-order valence-corrected chi connectivity index (χ4v) is 3.67. The van der Waals surface area contributed by atoms with Crippen LogP contribution in [0.3, 0.4) is 0 Å². The molecule has 0 radical (unpaired) electrons. The minimum atomic E-state index is -4.48. The van der Waals surface area contributed by atoms with E-state index in [4.69, 9.17) is 14.2 Å². The molecule has 6 nitrogen and oxygen atoms in total. The fraction of sp³-hybridized carbons (Fsp3) is 0.429. The van der Waals surface area contributed by atoms with Gasteiger partial charge in [0.1, 0.15) is 5.56 Å². The van der Waals surface area contributed by atoms with Crippen molar-refractivity contribution >= 4 is 5.97 Å². The zero-order chi connectivity index (χ0) is 22.1. The summed E-state index contributed by atoms with van der Waals surface area (Å²) in [6, 6.07) is 4.44. The van der Waals surface area contributed by atoms with Gasteiger partial charge < -0.3 is 18.8 Å². The van der Waals surface area contributed by atoms with Crippen molar-refractivity contribution in [3.8, 4) is 22.8 Å². The summed E-state index contributed by atoms with van der Waals surface area (Å²) < 4.78 is 54.6. The lowest BCUT2D eigenvalue weighted by Gasteiger charge is -2.21. The van der Waals surface area contributed by atoms with Crippen LogP contribution in [-0.2, 0) is 11.2 Å². The molecular weight excluding hydrogens is 403 g/mol. The van der Waals surface area contributed by atoms with Gasteiger partial charge in [-0.25, -0.2) is 4.79 Å². The van der Waals surface area contributed by atoms with Crippen molar-refractivity contribution in [2.24, 2.45) is 0 Å². The maximum absolute atomic E-state index is 12.6. The number of hydrogen-bond acceptors (Lipinski definition) is 5. The van der Waals surface area contributed by atoms with Crippen LogP contribution in [0.25, 0.3) is 11.3 Å². The number of ether oxygens (including phenoxy) is 3. The Kier molecular flexibility index (Phi) is 6.09. The Hall–Kier alpha value is -2.97. The molecule has 0 bridgehead atoms. The van der Waals surface area contributed by atoms with Gasteiger partial charge in [0, 0.05) is 23.9 Å². The average Bonchev–Trinajstić information content (AvgIpc) is 2.85. The molecule has 1 unspecified atom stereocenters. The van der Waals surface area contributed by atoms with E-state index in [0.29, 0.717) is 24.1 Å². The predicted octanol–water partition coefficient (Wildman–Crippen LogP) is 4.15. The van der Waals surface area contributed by atoms with Gasteiger partial charge >= 0.3 is 12.1 Å². The first-order valence-electron chi connectivity index (χ1n) is 9.43. The van der Waals surface area contributed by atoms with Crippen LogP contribution in [-0.4, -0.2) is 37.5 Å². The van der Waals surface area contributed by atoms with Gasteiger partial charge in [-0.15, -0.1) is 0 Å². The number of rotatable bonds is 5.